The summed E-state index contributed by atoms with van der Waals surface area (Å²) in [6.45, 7) is 4.32. The van der Waals surface area contributed by atoms with E-state index in [9.17, 15) is 4.79 Å². The molecule has 0 fully saturated rings. The van der Waals surface area contributed by atoms with Crippen LogP contribution in [0.5, 0.6) is 0 Å². The van der Waals surface area contributed by atoms with Crippen LogP contribution in [0, 0.1) is 5.92 Å². The van der Waals surface area contributed by atoms with E-state index >= 15 is 0 Å². The fraction of sp³-hybridized carbons (Fsp3) is 0.692. The Kier molecular flexibility index (Phi) is 3.50. The Morgan fingerprint density at radius 1 is 1.53 bits per heavy atom. The first-order chi connectivity index (χ1) is 8.15. The maximum absolute atomic E-state index is 11.0. The minimum Gasteiger partial charge on any atom is -0.481 e. The van der Waals surface area contributed by atoms with Crippen LogP contribution in [0.15, 0.2) is 0 Å². The minimum absolute atomic E-state index is 0.238. The molecule has 0 amide bonds. The van der Waals surface area contributed by atoms with E-state index in [1.165, 1.54) is 0 Å². The van der Waals surface area contributed by atoms with Crippen molar-refractivity contribution in [1.82, 2.24) is 9.97 Å². The molecule has 4 nitrogen and oxygen atoms in total. The van der Waals surface area contributed by atoms with Crippen molar-refractivity contribution >= 4 is 5.97 Å². The second-order valence-corrected chi connectivity index (χ2v) is 4.84. The number of aliphatic carboxylic acids is 1. The van der Waals surface area contributed by atoms with Crippen molar-refractivity contribution in [3.63, 3.8) is 0 Å². The highest BCUT2D eigenvalue weighted by molar-refractivity contribution is 5.70. The fourth-order valence-corrected chi connectivity index (χ4v) is 2.58. The molecular formula is C13H20N2O2. The van der Waals surface area contributed by atoms with Gasteiger partial charge in [-0.1, -0.05) is 13.8 Å². The van der Waals surface area contributed by atoms with Gasteiger partial charge in [0.2, 0.25) is 0 Å². The third kappa shape index (κ3) is 2.35. The van der Waals surface area contributed by atoms with E-state index in [0.717, 1.165) is 42.9 Å². The fourth-order valence-electron chi connectivity index (χ4n) is 2.58. The summed E-state index contributed by atoms with van der Waals surface area (Å²) in [4.78, 5) is 19.0. The van der Waals surface area contributed by atoms with Gasteiger partial charge in [-0.05, 0) is 25.7 Å². The van der Waals surface area contributed by atoms with Gasteiger partial charge in [-0.3, -0.25) is 4.79 Å². The molecule has 0 spiro atoms. The summed E-state index contributed by atoms with van der Waals surface area (Å²) in [7, 11) is 0. The molecule has 0 saturated carbocycles. The molecule has 2 N–H and O–H groups in total. The van der Waals surface area contributed by atoms with Gasteiger partial charge >= 0.3 is 5.97 Å². The van der Waals surface area contributed by atoms with Gasteiger partial charge in [-0.2, -0.15) is 0 Å². The first-order valence-electron chi connectivity index (χ1n) is 6.46. The van der Waals surface area contributed by atoms with Crippen LogP contribution >= 0.6 is 0 Å². The molecule has 0 aromatic carbocycles. The number of hydrogen-bond acceptors (Lipinski definition) is 2. The summed E-state index contributed by atoms with van der Waals surface area (Å²) in [5.41, 5.74) is 2.13. The zero-order valence-corrected chi connectivity index (χ0v) is 10.5. The number of nitrogens with zero attached hydrogens (tertiary/aromatic N) is 1. The van der Waals surface area contributed by atoms with Gasteiger partial charge in [0.25, 0.3) is 0 Å². The van der Waals surface area contributed by atoms with E-state index in [-0.39, 0.29) is 5.92 Å². The summed E-state index contributed by atoms with van der Waals surface area (Å²) in [5.74, 6) is 0.599. The van der Waals surface area contributed by atoms with Crippen LogP contribution in [-0.2, 0) is 17.6 Å². The highest BCUT2D eigenvalue weighted by Crippen LogP contribution is 2.28. The van der Waals surface area contributed by atoms with Gasteiger partial charge in [0.05, 0.1) is 11.6 Å². The first-order valence-corrected chi connectivity index (χ1v) is 6.46. The molecule has 1 aliphatic carbocycles. The standard InChI is InChI=1S/C13H20N2O2/c1-3-8(4-2)12-14-10-6-5-9(13(16)17)7-11(10)15-12/h8-9H,3-7H2,1-2H3,(H,14,15)(H,16,17). The van der Waals surface area contributed by atoms with E-state index in [1.807, 2.05) is 0 Å². The van der Waals surface area contributed by atoms with Crippen LogP contribution in [0.25, 0.3) is 0 Å². The summed E-state index contributed by atoms with van der Waals surface area (Å²) in [6, 6.07) is 0. The smallest absolute Gasteiger partial charge is 0.306 e. The lowest BCUT2D eigenvalue weighted by Gasteiger charge is -2.16. The maximum Gasteiger partial charge on any atom is 0.306 e. The van der Waals surface area contributed by atoms with E-state index in [1.54, 1.807) is 0 Å². The average Bonchev–Trinajstić information content (AvgIpc) is 2.72. The van der Waals surface area contributed by atoms with E-state index in [4.69, 9.17) is 5.11 Å². The van der Waals surface area contributed by atoms with Gasteiger partial charge in [-0.15, -0.1) is 0 Å². The SMILES string of the molecule is CCC(CC)c1nc2c([nH]1)CC(C(=O)O)CC2. The largest absolute Gasteiger partial charge is 0.481 e. The van der Waals surface area contributed by atoms with Crippen LogP contribution in [0.2, 0.25) is 0 Å². The Balaban J connectivity index is 2.19. The third-order valence-electron chi connectivity index (χ3n) is 3.78. The monoisotopic (exact) mass is 236 g/mol. The third-order valence-corrected chi connectivity index (χ3v) is 3.78. The van der Waals surface area contributed by atoms with E-state index in [0.29, 0.717) is 12.3 Å². The molecular weight excluding hydrogens is 216 g/mol. The lowest BCUT2D eigenvalue weighted by molar-refractivity contribution is -0.142. The number of imidazole rings is 1. The van der Waals surface area contributed by atoms with Crippen molar-refractivity contribution in [2.75, 3.05) is 0 Å². The van der Waals surface area contributed by atoms with Crippen molar-refractivity contribution in [2.45, 2.75) is 51.9 Å². The van der Waals surface area contributed by atoms with Gasteiger partial charge in [0.1, 0.15) is 5.82 Å². The van der Waals surface area contributed by atoms with Crippen LogP contribution in [0.1, 0.15) is 56.2 Å². The minimum atomic E-state index is -0.686. The number of hydrogen-bond donors (Lipinski definition) is 2. The highest BCUT2D eigenvalue weighted by Gasteiger charge is 2.27. The maximum atomic E-state index is 11.0. The zero-order valence-electron chi connectivity index (χ0n) is 10.5. The molecule has 1 aliphatic rings. The van der Waals surface area contributed by atoms with Gasteiger partial charge < -0.3 is 10.1 Å². The van der Waals surface area contributed by atoms with Gasteiger partial charge in [0.15, 0.2) is 0 Å². The molecule has 4 heteroatoms. The van der Waals surface area contributed by atoms with E-state index in [2.05, 4.69) is 23.8 Å². The predicted octanol–water partition coefficient (Wildman–Crippen LogP) is 2.50. The molecule has 17 heavy (non-hydrogen) atoms. The van der Waals surface area contributed by atoms with Crippen molar-refractivity contribution in [2.24, 2.45) is 5.92 Å². The number of rotatable bonds is 4. The number of aromatic amines is 1. The second-order valence-electron chi connectivity index (χ2n) is 4.84. The van der Waals surface area contributed by atoms with E-state index < -0.39 is 5.97 Å². The number of aryl methyl sites for hydroxylation is 1. The molecule has 0 aliphatic heterocycles. The Labute approximate surface area is 101 Å². The average molecular weight is 236 g/mol. The Morgan fingerprint density at radius 3 is 2.82 bits per heavy atom. The molecule has 2 rings (SSSR count). The molecule has 1 unspecified atom stereocenters. The van der Waals surface area contributed by atoms with Crippen molar-refractivity contribution < 1.29 is 9.90 Å². The van der Waals surface area contributed by atoms with Crippen LogP contribution in [0.3, 0.4) is 0 Å². The molecule has 0 saturated heterocycles. The van der Waals surface area contributed by atoms with Gasteiger partial charge in [0, 0.05) is 18.0 Å². The van der Waals surface area contributed by atoms with Crippen LogP contribution in [0.4, 0.5) is 0 Å². The number of carboxylic acid groups (broad SMARTS) is 1. The number of nitrogens with one attached hydrogen (secondary N) is 1. The summed E-state index contributed by atoms with van der Waals surface area (Å²) >= 11 is 0. The number of H-pyrrole nitrogens is 1. The lowest BCUT2D eigenvalue weighted by atomic mass is 9.90. The molecule has 1 aromatic heterocycles. The number of carbonyl (C=O) groups is 1. The number of aromatic nitrogens is 2. The number of carboxylic acids is 1. The first kappa shape index (κ1) is 12.1. The van der Waals surface area contributed by atoms with Crippen LogP contribution < -0.4 is 0 Å². The Morgan fingerprint density at radius 2 is 2.24 bits per heavy atom. The summed E-state index contributed by atoms with van der Waals surface area (Å²) < 4.78 is 0. The predicted molar refractivity (Wildman–Crippen MR) is 65.1 cm³/mol. The highest BCUT2D eigenvalue weighted by atomic mass is 16.4. The Bertz CT molecular complexity index is 408. The molecule has 1 heterocycles. The van der Waals surface area contributed by atoms with Crippen molar-refractivity contribution in [3.8, 4) is 0 Å². The molecule has 1 atom stereocenters. The quantitative estimate of drug-likeness (QED) is 0.844. The molecule has 1 aromatic rings. The molecule has 0 bridgehead atoms. The Hall–Kier alpha value is -1.32. The molecule has 94 valence electrons. The van der Waals surface area contributed by atoms with Crippen molar-refractivity contribution in [3.05, 3.63) is 17.2 Å². The van der Waals surface area contributed by atoms with Crippen LogP contribution in [-0.4, -0.2) is 21.0 Å². The normalized spacial score (nSPS) is 19.4. The second kappa shape index (κ2) is 4.90. The summed E-state index contributed by atoms with van der Waals surface area (Å²) in [6.07, 6.45) is 4.27. The lowest BCUT2D eigenvalue weighted by Crippen LogP contribution is -2.22. The number of fused-ring (bicyclic) bond motifs is 1. The topological polar surface area (TPSA) is 66.0 Å². The van der Waals surface area contributed by atoms with Gasteiger partial charge in [-0.25, -0.2) is 4.98 Å². The summed E-state index contributed by atoms with van der Waals surface area (Å²) in [5, 5.41) is 9.04. The molecule has 0 radical (unpaired) electrons. The zero-order chi connectivity index (χ0) is 12.4. The van der Waals surface area contributed by atoms with Crippen molar-refractivity contribution in [1.29, 1.82) is 0 Å².